The number of nitro benzene ring substituents is 1. The summed E-state index contributed by atoms with van der Waals surface area (Å²) in [6.07, 6.45) is 2.67. The van der Waals surface area contributed by atoms with Gasteiger partial charge in [0.15, 0.2) is 0 Å². The predicted molar refractivity (Wildman–Crippen MR) is 85.0 cm³/mol. The molecule has 0 saturated heterocycles. The molecule has 124 valence electrons. The molecule has 5 nitrogen and oxygen atoms in total. The van der Waals surface area contributed by atoms with E-state index in [9.17, 15) is 23.7 Å². The Morgan fingerprint density at radius 3 is 2.67 bits per heavy atom. The molecule has 0 aromatic heterocycles. The number of halogens is 2. The van der Waals surface area contributed by atoms with Crippen LogP contribution in [0.5, 0.6) is 0 Å². The second kappa shape index (κ2) is 7.45. The van der Waals surface area contributed by atoms with Crippen LogP contribution in [0, 0.1) is 21.7 Å². The molecule has 0 spiro atoms. The summed E-state index contributed by atoms with van der Waals surface area (Å²) in [5.41, 5.74) is 0.612. The van der Waals surface area contributed by atoms with Crippen molar-refractivity contribution in [3.63, 3.8) is 0 Å². The molecular weight excluding hydrogens is 318 g/mol. The third-order valence-electron chi connectivity index (χ3n) is 3.30. The van der Waals surface area contributed by atoms with Gasteiger partial charge in [-0.3, -0.25) is 14.9 Å². The van der Waals surface area contributed by atoms with E-state index in [0.29, 0.717) is 5.56 Å². The Morgan fingerprint density at radius 1 is 1.25 bits per heavy atom. The van der Waals surface area contributed by atoms with Gasteiger partial charge in [0.25, 0.3) is 5.69 Å². The van der Waals surface area contributed by atoms with Crippen LogP contribution in [0.1, 0.15) is 11.1 Å². The predicted octanol–water partition coefficient (Wildman–Crippen LogP) is 3.54. The van der Waals surface area contributed by atoms with E-state index in [0.717, 1.165) is 12.1 Å². The zero-order chi connectivity index (χ0) is 17.7. The van der Waals surface area contributed by atoms with Crippen molar-refractivity contribution in [2.75, 3.05) is 7.05 Å². The number of amides is 1. The van der Waals surface area contributed by atoms with Gasteiger partial charge in [-0.2, -0.15) is 0 Å². The number of benzene rings is 2. The van der Waals surface area contributed by atoms with Crippen molar-refractivity contribution in [3.8, 4) is 0 Å². The molecule has 2 aromatic rings. The Kier molecular flexibility index (Phi) is 5.36. The van der Waals surface area contributed by atoms with Crippen molar-refractivity contribution in [1.29, 1.82) is 0 Å². The number of carbonyl (C=O) groups excluding carboxylic acids is 1. The van der Waals surface area contributed by atoms with E-state index in [-0.39, 0.29) is 17.8 Å². The van der Waals surface area contributed by atoms with Gasteiger partial charge in [0, 0.05) is 43.4 Å². The Bertz CT molecular complexity index is 806. The fourth-order valence-corrected chi connectivity index (χ4v) is 2.02. The van der Waals surface area contributed by atoms with Crippen LogP contribution >= 0.6 is 0 Å². The standard InChI is InChI=1S/C17H14F2N2O3/c1-20(11-13-6-7-14(18)10-16(13)19)17(22)8-5-12-3-2-4-15(9-12)21(23)24/h2-10H,11H2,1H3/b8-5+. The third-order valence-corrected chi connectivity index (χ3v) is 3.30. The maximum Gasteiger partial charge on any atom is 0.270 e. The summed E-state index contributed by atoms with van der Waals surface area (Å²) in [5, 5.41) is 10.7. The van der Waals surface area contributed by atoms with E-state index in [1.54, 1.807) is 6.07 Å². The fourth-order valence-electron chi connectivity index (χ4n) is 2.02. The number of hydrogen-bond acceptors (Lipinski definition) is 3. The highest BCUT2D eigenvalue weighted by Gasteiger charge is 2.10. The number of non-ortho nitro benzene ring substituents is 1. The molecule has 0 N–H and O–H groups in total. The van der Waals surface area contributed by atoms with Crippen molar-refractivity contribution < 1.29 is 18.5 Å². The normalized spacial score (nSPS) is 10.8. The van der Waals surface area contributed by atoms with Gasteiger partial charge in [0.2, 0.25) is 5.91 Å². The first kappa shape index (κ1) is 17.3. The van der Waals surface area contributed by atoms with E-state index in [2.05, 4.69) is 0 Å². The quantitative estimate of drug-likeness (QED) is 0.478. The molecule has 0 aliphatic carbocycles. The maximum atomic E-state index is 13.6. The van der Waals surface area contributed by atoms with Gasteiger partial charge in [-0.15, -0.1) is 0 Å². The first-order valence-electron chi connectivity index (χ1n) is 6.98. The summed E-state index contributed by atoms with van der Waals surface area (Å²) in [6.45, 7) is -0.0236. The average Bonchev–Trinajstić information content (AvgIpc) is 2.55. The lowest BCUT2D eigenvalue weighted by molar-refractivity contribution is -0.384. The highest BCUT2D eigenvalue weighted by atomic mass is 19.1. The zero-order valence-electron chi connectivity index (χ0n) is 12.8. The van der Waals surface area contributed by atoms with E-state index in [4.69, 9.17) is 0 Å². The highest BCUT2D eigenvalue weighted by Crippen LogP contribution is 2.15. The second-order valence-electron chi connectivity index (χ2n) is 5.12. The molecule has 0 heterocycles. The van der Waals surface area contributed by atoms with Crippen LogP contribution in [0.4, 0.5) is 14.5 Å². The molecule has 0 atom stereocenters. The van der Waals surface area contributed by atoms with Gasteiger partial charge in [0.05, 0.1) is 4.92 Å². The van der Waals surface area contributed by atoms with Gasteiger partial charge in [-0.1, -0.05) is 18.2 Å². The van der Waals surface area contributed by atoms with Crippen molar-refractivity contribution in [3.05, 3.63) is 81.4 Å². The molecule has 2 aromatic carbocycles. The van der Waals surface area contributed by atoms with E-state index < -0.39 is 22.5 Å². The largest absolute Gasteiger partial charge is 0.338 e. The Morgan fingerprint density at radius 2 is 2.00 bits per heavy atom. The monoisotopic (exact) mass is 332 g/mol. The third kappa shape index (κ3) is 4.45. The van der Waals surface area contributed by atoms with Crippen molar-refractivity contribution in [1.82, 2.24) is 4.90 Å². The summed E-state index contributed by atoms with van der Waals surface area (Å²) >= 11 is 0. The number of carbonyl (C=O) groups is 1. The number of rotatable bonds is 5. The molecule has 0 aliphatic heterocycles. The number of likely N-dealkylation sites (N-methyl/N-ethyl adjacent to an activating group) is 1. The fraction of sp³-hybridized carbons (Fsp3) is 0.118. The first-order valence-corrected chi connectivity index (χ1v) is 6.98. The minimum Gasteiger partial charge on any atom is -0.338 e. The maximum absolute atomic E-state index is 13.6. The molecule has 2 rings (SSSR count). The van der Waals surface area contributed by atoms with Gasteiger partial charge in [-0.05, 0) is 17.7 Å². The summed E-state index contributed by atoms with van der Waals surface area (Å²) < 4.78 is 26.4. The Labute approximate surface area is 137 Å². The molecule has 0 fully saturated rings. The van der Waals surface area contributed by atoms with Gasteiger partial charge < -0.3 is 4.90 Å². The van der Waals surface area contributed by atoms with Crippen molar-refractivity contribution in [2.45, 2.75) is 6.54 Å². The van der Waals surface area contributed by atoms with Crippen LogP contribution < -0.4 is 0 Å². The van der Waals surface area contributed by atoms with E-state index >= 15 is 0 Å². The van der Waals surface area contributed by atoms with Crippen LogP contribution in [0.2, 0.25) is 0 Å². The molecule has 0 radical (unpaired) electrons. The molecule has 0 saturated carbocycles. The Hall–Kier alpha value is -3.09. The number of hydrogen-bond donors (Lipinski definition) is 0. The van der Waals surface area contributed by atoms with Gasteiger partial charge in [-0.25, -0.2) is 8.78 Å². The smallest absolute Gasteiger partial charge is 0.270 e. The lowest BCUT2D eigenvalue weighted by Gasteiger charge is -2.15. The molecule has 24 heavy (non-hydrogen) atoms. The topological polar surface area (TPSA) is 63.5 Å². The molecule has 0 bridgehead atoms. The van der Waals surface area contributed by atoms with Gasteiger partial charge >= 0.3 is 0 Å². The molecule has 7 heteroatoms. The summed E-state index contributed by atoms with van der Waals surface area (Å²) in [4.78, 5) is 23.5. The average molecular weight is 332 g/mol. The zero-order valence-corrected chi connectivity index (χ0v) is 12.8. The number of nitro groups is 1. The van der Waals surface area contributed by atoms with Gasteiger partial charge in [0.1, 0.15) is 11.6 Å². The second-order valence-corrected chi connectivity index (χ2v) is 5.12. The van der Waals surface area contributed by atoms with Crippen molar-refractivity contribution >= 4 is 17.7 Å². The minimum absolute atomic E-state index is 0.0236. The van der Waals surface area contributed by atoms with Crippen LogP contribution in [0.3, 0.4) is 0 Å². The van der Waals surface area contributed by atoms with Crippen LogP contribution in [0.25, 0.3) is 6.08 Å². The molecule has 0 unspecified atom stereocenters. The first-order chi connectivity index (χ1) is 11.4. The summed E-state index contributed by atoms with van der Waals surface area (Å²) in [6, 6.07) is 8.98. The van der Waals surface area contributed by atoms with E-state index in [1.807, 2.05) is 0 Å². The SMILES string of the molecule is CN(Cc1ccc(F)cc1F)C(=O)/C=C/c1cccc([N+](=O)[O-])c1. The summed E-state index contributed by atoms with van der Waals surface area (Å²) in [5.74, 6) is -1.82. The van der Waals surface area contributed by atoms with Crippen molar-refractivity contribution in [2.24, 2.45) is 0 Å². The lowest BCUT2D eigenvalue weighted by Crippen LogP contribution is -2.24. The Balaban J connectivity index is 2.05. The van der Waals surface area contributed by atoms with Crippen LogP contribution in [-0.2, 0) is 11.3 Å². The minimum atomic E-state index is -0.725. The summed E-state index contributed by atoms with van der Waals surface area (Å²) in [7, 11) is 1.48. The molecule has 0 aliphatic rings. The van der Waals surface area contributed by atoms with Crippen LogP contribution in [0.15, 0.2) is 48.5 Å². The molecule has 1 amide bonds. The van der Waals surface area contributed by atoms with E-state index in [1.165, 1.54) is 48.4 Å². The van der Waals surface area contributed by atoms with Crippen LogP contribution in [-0.4, -0.2) is 22.8 Å². The lowest BCUT2D eigenvalue weighted by atomic mass is 10.1. The number of nitrogens with zero attached hydrogens (tertiary/aromatic N) is 2. The molecular formula is C17H14F2N2O3. The highest BCUT2D eigenvalue weighted by molar-refractivity contribution is 5.91.